The highest BCUT2D eigenvalue weighted by molar-refractivity contribution is 5.53. The van der Waals surface area contributed by atoms with Crippen molar-refractivity contribution < 1.29 is 0 Å². The molecule has 1 atom stereocenters. The maximum absolute atomic E-state index is 4.31. The van der Waals surface area contributed by atoms with Gasteiger partial charge in [0, 0.05) is 44.1 Å². The Morgan fingerprint density at radius 3 is 3.06 bits per heavy atom. The van der Waals surface area contributed by atoms with Crippen LogP contribution in [0.3, 0.4) is 0 Å². The second kappa shape index (κ2) is 6.05. The number of likely N-dealkylation sites (N-methyl/N-ethyl adjacent to an activating group) is 2. The molecule has 100 valence electrons. The summed E-state index contributed by atoms with van der Waals surface area (Å²) >= 11 is 0. The highest BCUT2D eigenvalue weighted by atomic mass is 15.2. The molecule has 18 heavy (non-hydrogen) atoms. The van der Waals surface area contributed by atoms with Crippen molar-refractivity contribution in [3.05, 3.63) is 18.3 Å². The van der Waals surface area contributed by atoms with Crippen LogP contribution in [0.4, 0.5) is 11.5 Å². The van der Waals surface area contributed by atoms with E-state index in [9.17, 15) is 0 Å². The van der Waals surface area contributed by atoms with E-state index in [0.29, 0.717) is 6.04 Å². The molecule has 0 aliphatic carbocycles. The molecule has 1 unspecified atom stereocenters. The Bertz CT molecular complexity index is 380. The van der Waals surface area contributed by atoms with Gasteiger partial charge in [0.15, 0.2) is 0 Å². The topological polar surface area (TPSA) is 31.4 Å². The quantitative estimate of drug-likeness (QED) is 0.864. The van der Waals surface area contributed by atoms with Crippen molar-refractivity contribution >= 4 is 11.5 Å². The van der Waals surface area contributed by atoms with Gasteiger partial charge in [0.2, 0.25) is 0 Å². The number of hydrogen-bond acceptors (Lipinski definition) is 4. The summed E-state index contributed by atoms with van der Waals surface area (Å²) in [7, 11) is 4.39. The van der Waals surface area contributed by atoms with Crippen molar-refractivity contribution in [2.75, 3.05) is 43.9 Å². The first-order valence-corrected chi connectivity index (χ1v) is 6.82. The molecule has 0 saturated carbocycles. The Labute approximate surface area is 110 Å². The van der Waals surface area contributed by atoms with E-state index in [1.807, 2.05) is 6.20 Å². The number of pyridine rings is 1. The molecule has 1 N–H and O–H groups in total. The van der Waals surface area contributed by atoms with Crippen LogP contribution in [0.5, 0.6) is 0 Å². The molecule has 1 aromatic heterocycles. The molecule has 0 aromatic carbocycles. The van der Waals surface area contributed by atoms with Crippen LogP contribution in [0.1, 0.15) is 19.8 Å². The van der Waals surface area contributed by atoms with Gasteiger partial charge in [-0.2, -0.15) is 0 Å². The van der Waals surface area contributed by atoms with E-state index in [2.05, 4.69) is 53.3 Å². The summed E-state index contributed by atoms with van der Waals surface area (Å²) in [5.74, 6) is 0.960. The van der Waals surface area contributed by atoms with Gasteiger partial charge in [0.25, 0.3) is 0 Å². The number of rotatable bonds is 5. The first kappa shape index (κ1) is 13.1. The van der Waals surface area contributed by atoms with Crippen molar-refractivity contribution in [3.8, 4) is 0 Å². The number of aromatic nitrogens is 1. The van der Waals surface area contributed by atoms with Gasteiger partial charge in [0.1, 0.15) is 5.82 Å². The van der Waals surface area contributed by atoms with Gasteiger partial charge in [-0.15, -0.1) is 0 Å². The fourth-order valence-corrected chi connectivity index (χ4v) is 2.57. The van der Waals surface area contributed by atoms with Crippen LogP contribution < -0.4 is 10.2 Å². The first-order valence-electron chi connectivity index (χ1n) is 6.82. The van der Waals surface area contributed by atoms with Crippen LogP contribution >= 0.6 is 0 Å². The van der Waals surface area contributed by atoms with Crippen LogP contribution in [0.25, 0.3) is 0 Å². The van der Waals surface area contributed by atoms with Gasteiger partial charge in [-0.1, -0.05) is 0 Å². The molecule has 2 heterocycles. The van der Waals surface area contributed by atoms with Crippen LogP contribution in [0.15, 0.2) is 18.3 Å². The van der Waals surface area contributed by atoms with Gasteiger partial charge in [-0.05, 0) is 39.4 Å². The van der Waals surface area contributed by atoms with Crippen LogP contribution in [-0.4, -0.2) is 49.7 Å². The SMILES string of the molecule is CCNc1cc(N(C)CC2CCCN2C)ccn1. The summed E-state index contributed by atoms with van der Waals surface area (Å²) < 4.78 is 0. The summed E-state index contributed by atoms with van der Waals surface area (Å²) in [5, 5.41) is 3.26. The minimum absolute atomic E-state index is 0.686. The highest BCUT2D eigenvalue weighted by Gasteiger charge is 2.22. The zero-order valence-electron chi connectivity index (χ0n) is 11.7. The molecule has 2 rings (SSSR count). The smallest absolute Gasteiger partial charge is 0.127 e. The lowest BCUT2D eigenvalue weighted by Crippen LogP contribution is -2.36. The van der Waals surface area contributed by atoms with E-state index in [1.165, 1.54) is 25.1 Å². The van der Waals surface area contributed by atoms with E-state index in [1.54, 1.807) is 0 Å². The van der Waals surface area contributed by atoms with Crippen molar-refractivity contribution in [2.45, 2.75) is 25.8 Å². The predicted molar refractivity (Wildman–Crippen MR) is 77.3 cm³/mol. The van der Waals surface area contributed by atoms with E-state index in [0.717, 1.165) is 18.9 Å². The van der Waals surface area contributed by atoms with Crippen molar-refractivity contribution in [2.24, 2.45) is 0 Å². The average Bonchev–Trinajstić information content (AvgIpc) is 2.76. The summed E-state index contributed by atoms with van der Waals surface area (Å²) in [4.78, 5) is 9.10. The monoisotopic (exact) mass is 248 g/mol. The lowest BCUT2D eigenvalue weighted by atomic mass is 10.2. The summed E-state index contributed by atoms with van der Waals surface area (Å²) in [6.45, 7) is 5.32. The first-order chi connectivity index (χ1) is 8.70. The predicted octanol–water partition coefficient (Wildman–Crippen LogP) is 2.04. The third-order valence-corrected chi connectivity index (χ3v) is 3.70. The van der Waals surface area contributed by atoms with Crippen LogP contribution in [0, 0.1) is 0 Å². The lowest BCUT2D eigenvalue weighted by Gasteiger charge is -2.27. The van der Waals surface area contributed by atoms with Crippen molar-refractivity contribution in [1.82, 2.24) is 9.88 Å². The van der Waals surface area contributed by atoms with Crippen molar-refractivity contribution in [1.29, 1.82) is 0 Å². The van der Waals surface area contributed by atoms with Gasteiger partial charge >= 0.3 is 0 Å². The number of nitrogens with zero attached hydrogens (tertiary/aromatic N) is 3. The molecule has 1 saturated heterocycles. The summed E-state index contributed by atoms with van der Waals surface area (Å²) in [6.07, 6.45) is 4.52. The van der Waals surface area contributed by atoms with E-state index < -0.39 is 0 Å². The van der Waals surface area contributed by atoms with Gasteiger partial charge in [0.05, 0.1) is 0 Å². The second-order valence-electron chi connectivity index (χ2n) is 5.09. The Balaban J connectivity index is 1.99. The second-order valence-corrected chi connectivity index (χ2v) is 5.09. The third kappa shape index (κ3) is 3.13. The molecular formula is C14H24N4. The van der Waals surface area contributed by atoms with Crippen molar-refractivity contribution in [3.63, 3.8) is 0 Å². The molecule has 0 spiro atoms. The largest absolute Gasteiger partial charge is 0.373 e. The molecule has 0 radical (unpaired) electrons. The molecular weight excluding hydrogens is 224 g/mol. The third-order valence-electron chi connectivity index (χ3n) is 3.70. The zero-order valence-corrected chi connectivity index (χ0v) is 11.7. The average molecular weight is 248 g/mol. The fourth-order valence-electron chi connectivity index (χ4n) is 2.57. The molecule has 1 aliphatic rings. The number of hydrogen-bond donors (Lipinski definition) is 1. The Morgan fingerprint density at radius 2 is 2.39 bits per heavy atom. The molecule has 4 nitrogen and oxygen atoms in total. The Hall–Kier alpha value is -1.29. The molecule has 1 aromatic rings. The minimum Gasteiger partial charge on any atom is -0.373 e. The van der Waals surface area contributed by atoms with Crippen LogP contribution in [0.2, 0.25) is 0 Å². The van der Waals surface area contributed by atoms with E-state index >= 15 is 0 Å². The van der Waals surface area contributed by atoms with Crippen LogP contribution in [-0.2, 0) is 0 Å². The summed E-state index contributed by atoms with van der Waals surface area (Å²) in [5.41, 5.74) is 1.24. The molecule has 0 bridgehead atoms. The normalized spacial score (nSPS) is 20.1. The van der Waals surface area contributed by atoms with E-state index in [-0.39, 0.29) is 0 Å². The molecule has 1 fully saturated rings. The molecule has 1 aliphatic heterocycles. The lowest BCUT2D eigenvalue weighted by molar-refractivity contribution is 0.314. The molecule has 0 amide bonds. The fraction of sp³-hybridized carbons (Fsp3) is 0.643. The number of likely N-dealkylation sites (tertiary alicyclic amines) is 1. The Kier molecular flexibility index (Phi) is 4.42. The van der Waals surface area contributed by atoms with E-state index in [4.69, 9.17) is 0 Å². The standard InChI is InChI=1S/C14H24N4/c1-4-15-14-10-12(7-8-16-14)18(3)11-13-6-5-9-17(13)2/h7-8,10,13H,4-6,9,11H2,1-3H3,(H,15,16). The number of nitrogens with one attached hydrogen (secondary N) is 1. The maximum Gasteiger partial charge on any atom is 0.127 e. The van der Waals surface area contributed by atoms with Gasteiger partial charge < -0.3 is 15.1 Å². The molecule has 4 heteroatoms. The van der Waals surface area contributed by atoms with Gasteiger partial charge in [-0.3, -0.25) is 0 Å². The highest BCUT2D eigenvalue weighted by Crippen LogP contribution is 2.20. The number of anilines is 2. The minimum atomic E-state index is 0.686. The van der Waals surface area contributed by atoms with Gasteiger partial charge in [-0.25, -0.2) is 4.98 Å². The summed E-state index contributed by atoms with van der Waals surface area (Å²) in [6, 6.07) is 4.89. The zero-order chi connectivity index (χ0) is 13.0. The Morgan fingerprint density at radius 1 is 1.56 bits per heavy atom. The maximum atomic E-state index is 4.31.